The predicted molar refractivity (Wildman–Crippen MR) is 90.0 cm³/mol. The second-order valence-corrected chi connectivity index (χ2v) is 8.13. The van der Waals surface area contributed by atoms with Crippen LogP contribution >= 0.6 is 11.3 Å². The maximum absolute atomic E-state index is 10.7. The molecule has 0 aliphatic rings. The molecule has 0 amide bonds. The molecule has 3 heteroatoms. The van der Waals surface area contributed by atoms with E-state index in [0.717, 1.165) is 16.3 Å². The van der Waals surface area contributed by atoms with Crippen LogP contribution in [0.15, 0.2) is 35.7 Å². The van der Waals surface area contributed by atoms with Gasteiger partial charge in [-0.3, -0.25) is 0 Å². The Balaban J connectivity index is 2.14. The van der Waals surface area contributed by atoms with Crippen molar-refractivity contribution < 1.29 is 5.11 Å². The number of hydrogen-bond donors (Lipinski definition) is 1. The highest BCUT2D eigenvalue weighted by molar-refractivity contribution is 7.09. The molecule has 0 saturated heterocycles. The van der Waals surface area contributed by atoms with Crippen LogP contribution in [0.4, 0.5) is 0 Å². The molecule has 1 atom stereocenters. The number of rotatable bonds is 4. The first-order valence-electron chi connectivity index (χ1n) is 7.40. The van der Waals surface area contributed by atoms with Gasteiger partial charge in [0.25, 0.3) is 0 Å². The summed E-state index contributed by atoms with van der Waals surface area (Å²) >= 11 is 1.64. The lowest BCUT2D eigenvalue weighted by Crippen LogP contribution is -2.35. The fourth-order valence-corrected chi connectivity index (χ4v) is 3.29. The van der Waals surface area contributed by atoms with Crippen LogP contribution in [0.25, 0.3) is 0 Å². The van der Waals surface area contributed by atoms with Crippen LogP contribution in [-0.4, -0.2) is 16.2 Å². The summed E-state index contributed by atoms with van der Waals surface area (Å²) in [5.74, 6) is 0. The monoisotopic (exact) mass is 303 g/mol. The van der Waals surface area contributed by atoms with E-state index in [9.17, 15) is 5.11 Å². The Morgan fingerprint density at radius 2 is 1.71 bits per heavy atom. The summed E-state index contributed by atoms with van der Waals surface area (Å²) in [5.41, 5.74) is 2.04. The molecule has 0 bridgehead atoms. The van der Waals surface area contributed by atoms with Gasteiger partial charge in [0.15, 0.2) is 0 Å². The summed E-state index contributed by atoms with van der Waals surface area (Å²) in [4.78, 5) is 4.69. The molecule has 1 N–H and O–H groups in total. The van der Waals surface area contributed by atoms with E-state index in [-0.39, 0.29) is 10.8 Å². The van der Waals surface area contributed by atoms with Crippen molar-refractivity contribution in [3.63, 3.8) is 0 Å². The first-order chi connectivity index (χ1) is 9.71. The lowest BCUT2D eigenvalue weighted by Gasteiger charge is -2.30. The van der Waals surface area contributed by atoms with E-state index < -0.39 is 6.10 Å². The highest BCUT2D eigenvalue weighted by atomic mass is 32.1. The third-order valence-electron chi connectivity index (χ3n) is 4.04. The minimum absolute atomic E-state index is 0.0641. The van der Waals surface area contributed by atoms with Crippen LogP contribution < -0.4 is 0 Å². The molecular weight excluding hydrogens is 278 g/mol. The molecule has 2 aromatic rings. The van der Waals surface area contributed by atoms with Crippen molar-refractivity contribution in [3.8, 4) is 0 Å². The average Bonchev–Trinajstić information content (AvgIpc) is 2.88. The van der Waals surface area contributed by atoms with E-state index in [4.69, 9.17) is 0 Å². The maximum Gasteiger partial charge on any atom is 0.0954 e. The van der Waals surface area contributed by atoms with Crippen molar-refractivity contribution in [2.75, 3.05) is 0 Å². The number of aliphatic hydroxyl groups excluding tert-OH is 1. The van der Waals surface area contributed by atoms with Crippen LogP contribution in [0, 0.1) is 0 Å². The van der Waals surface area contributed by atoms with Gasteiger partial charge in [0.2, 0.25) is 0 Å². The van der Waals surface area contributed by atoms with Crippen LogP contribution in [-0.2, 0) is 17.3 Å². The van der Waals surface area contributed by atoms with Gasteiger partial charge in [0.05, 0.1) is 16.8 Å². The number of aromatic nitrogens is 1. The number of aliphatic hydroxyl groups is 1. The van der Waals surface area contributed by atoms with Gasteiger partial charge >= 0.3 is 0 Å². The third-order valence-corrected chi connectivity index (χ3v) is 4.91. The zero-order valence-corrected chi connectivity index (χ0v) is 14.4. The van der Waals surface area contributed by atoms with E-state index in [0.29, 0.717) is 6.42 Å². The Bertz CT molecular complexity index is 581. The molecule has 0 saturated carbocycles. The average molecular weight is 303 g/mol. The first kappa shape index (κ1) is 16.2. The van der Waals surface area contributed by atoms with Gasteiger partial charge in [-0.05, 0) is 5.56 Å². The fraction of sp³-hybridized carbons (Fsp3) is 0.500. The molecule has 1 aromatic heterocycles. The van der Waals surface area contributed by atoms with E-state index >= 15 is 0 Å². The van der Waals surface area contributed by atoms with Crippen LogP contribution in [0.5, 0.6) is 0 Å². The van der Waals surface area contributed by atoms with Gasteiger partial charge in [0.1, 0.15) is 0 Å². The van der Waals surface area contributed by atoms with Gasteiger partial charge < -0.3 is 5.11 Å². The van der Waals surface area contributed by atoms with E-state index in [1.807, 2.05) is 18.2 Å². The maximum atomic E-state index is 10.7. The van der Waals surface area contributed by atoms with E-state index in [1.54, 1.807) is 11.3 Å². The quantitative estimate of drug-likeness (QED) is 0.912. The van der Waals surface area contributed by atoms with Crippen molar-refractivity contribution in [2.45, 2.75) is 58.0 Å². The molecule has 2 rings (SSSR count). The Morgan fingerprint density at radius 1 is 1.10 bits per heavy atom. The smallest absolute Gasteiger partial charge is 0.0954 e. The summed E-state index contributed by atoms with van der Waals surface area (Å²) < 4.78 is 0. The van der Waals surface area contributed by atoms with Gasteiger partial charge in [0, 0.05) is 22.6 Å². The fourth-order valence-electron chi connectivity index (χ4n) is 2.23. The van der Waals surface area contributed by atoms with Crippen molar-refractivity contribution >= 4 is 11.3 Å². The number of benzene rings is 1. The molecule has 1 heterocycles. The molecule has 0 spiro atoms. The Kier molecular flexibility index (Phi) is 4.54. The standard InChI is InChI=1S/C18H25NOS/c1-17(2,3)14-12-21-16(19-14)11-15(20)18(4,5)13-9-7-6-8-10-13/h6-10,12,15,20H,11H2,1-5H3. The van der Waals surface area contributed by atoms with Gasteiger partial charge in [-0.25, -0.2) is 4.98 Å². The summed E-state index contributed by atoms with van der Waals surface area (Å²) in [6.07, 6.45) is 0.154. The molecule has 0 aliphatic carbocycles. The largest absolute Gasteiger partial charge is 0.392 e. The molecular formula is C18H25NOS. The minimum Gasteiger partial charge on any atom is -0.392 e. The molecule has 0 aliphatic heterocycles. The van der Waals surface area contributed by atoms with E-state index in [2.05, 4.69) is 57.1 Å². The molecule has 1 aromatic carbocycles. The SMILES string of the molecule is CC(C)(C)c1csc(CC(O)C(C)(C)c2ccccc2)n1. The Hall–Kier alpha value is -1.19. The Labute approximate surface area is 131 Å². The number of hydrogen-bond acceptors (Lipinski definition) is 3. The molecule has 0 fully saturated rings. The van der Waals surface area contributed by atoms with Crippen molar-refractivity contribution in [3.05, 3.63) is 52.0 Å². The molecule has 21 heavy (non-hydrogen) atoms. The van der Waals surface area contributed by atoms with Crippen molar-refractivity contribution in [2.24, 2.45) is 0 Å². The van der Waals surface area contributed by atoms with Crippen molar-refractivity contribution in [1.29, 1.82) is 0 Å². The first-order valence-corrected chi connectivity index (χ1v) is 8.27. The summed E-state index contributed by atoms with van der Waals surface area (Å²) in [5, 5.41) is 13.8. The van der Waals surface area contributed by atoms with Crippen LogP contribution in [0.1, 0.15) is 50.9 Å². The zero-order chi connectivity index (χ0) is 15.7. The summed E-state index contributed by atoms with van der Waals surface area (Å²) in [6, 6.07) is 10.2. The zero-order valence-electron chi connectivity index (χ0n) is 13.6. The second kappa shape index (κ2) is 5.90. The van der Waals surface area contributed by atoms with Gasteiger partial charge in [-0.2, -0.15) is 0 Å². The molecule has 114 valence electrons. The second-order valence-electron chi connectivity index (χ2n) is 7.18. The predicted octanol–water partition coefficient (Wildman–Crippen LogP) is 4.32. The molecule has 0 radical (unpaired) electrons. The number of nitrogens with zero attached hydrogens (tertiary/aromatic N) is 1. The number of thiazole rings is 1. The Morgan fingerprint density at radius 3 is 2.24 bits per heavy atom. The highest BCUT2D eigenvalue weighted by Crippen LogP contribution is 2.31. The van der Waals surface area contributed by atoms with Crippen LogP contribution in [0.3, 0.4) is 0 Å². The van der Waals surface area contributed by atoms with Gasteiger partial charge in [-0.15, -0.1) is 11.3 Å². The summed E-state index contributed by atoms with van der Waals surface area (Å²) in [6.45, 7) is 10.7. The highest BCUT2D eigenvalue weighted by Gasteiger charge is 2.30. The third kappa shape index (κ3) is 3.72. The normalized spacial score (nSPS) is 14.2. The van der Waals surface area contributed by atoms with Crippen molar-refractivity contribution in [1.82, 2.24) is 4.98 Å². The topological polar surface area (TPSA) is 33.1 Å². The molecule has 1 unspecified atom stereocenters. The molecule has 2 nitrogen and oxygen atoms in total. The minimum atomic E-state index is -0.445. The van der Waals surface area contributed by atoms with Crippen LogP contribution in [0.2, 0.25) is 0 Å². The lowest BCUT2D eigenvalue weighted by molar-refractivity contribution is 0.0998. The van der Waals surface area contributed by atoms with E-state index in [1.165, 1.54) is 0 Å². The van der Waals surface area contributed by atoms with Gasteiger partial charge in [-0.1, -0.05) is 65.0 Å². The summed E-state index contributed by atoms with van der Waals surface area (Å²) in [7, 11) is 0. The lowest BCUT2D eigenvalue weighted by atomic mass is 9.78.